The van der Waals surface area contributed by atoms with Crippen molar-refractivity contribution in [2.75, 3.05) is 27.3 Å². The predicted octanol–water partition coefficient (Wildman–Crippen LogP) is 2.52. The highest BCUT2D eigenvalue weighted by Crippen LogP contribution is 2.28. The van der Waals surface area contributed by atoms with Crippen molar-refractivity contribution in [2.24, 2.45) is 5.92 Å². The molecule has 1 aliphatic heterocycles. The molecular weight excluding hydrogens is 316 g/mol. The Morgan fingerprint density at radius 3 is 2.16 bits per heavy atom. The molecule has 2 aromatic carbocycles. The molecule has 3 rings (SSSR count). The van der Waals surface area contributed by atoms with Crippen LogP contribution in [-0.4, -0.2) is 33.2 Å². The van der Waals surface area contributed by atoms with Gasteiger partial charge in [-0.1, -0.05) is 24.3 Å². The zero-order valence-corrected chi connectivity index (χ0v) is 14.6. The van der Waals surface area contributed by atoms with Gasteiger partial charge < -0.3 is 20.1 Å². The summed E-state index contributed by atoms with van der Waals surface area (Å²) in [7, 11) is 3.28. The SMILES string of the molecule is COc1cccc(C(NC(=O)[C@H]2CCNC2)c2cccc(OC)c2)c1. The molecule has 5 heteroatoms. The second kappa shape index (κ2) is 8.03. The quantitative estimate of drug-likeness (QED) is 0.848. The molecule has 2 N–H and O–H groups in total. The standard InChI is InChI=1S/C20H24N2O3/c1-24-17-7-3-5-14(11-17)19(15-6-4-8-18(12-15)25-2)22-20(23)16-9-10-21-13-16/h3-8,11-12,16,19,21H,9-10,13H2,1-2H3,(H,22,23)/t16-/m0/s1. The van der Waals surface area contributed by atoms with Crippen molar-refractivity contribution in [3.63, 3.8) is 0 Å². The van der Waals surface area contributed by atoms with Crippen molar-refractivity contribution in [2.45, 2.75) is 12.5 Å². The highest BCUT2D eigenvalue weighted by Gasteiger charge is 2.26. The van der Waals surface area contributed by atoms with E-state index in [0.29, 0.717) is 0 Å². The van der Waals surface area contributed by atoms with Gasteiger partial charge in [0.05, 0.1) is 26.2 Å². The summed E-state index contributed by atoms with van der Waals surface area (Å²) in [6, 6.07) is 15.3. The predicted molar refractivity (Wildman–Crippen MR) is 97.0 cm³/mol. The van der Waals surface area contributed by atoms with Gasteiger partial charge in [-0.05, 0) is 48.4 Å². The Balaban J connectivity index is 1.93. The fraction of sp³-hybridized carbons (Fsp3) is 0.350. The van der Waals surface area contributed by atoms with Crippen LogP contribution < -0.4 is 20.1 Å². The summed E-state index contributed by atoms with van der Waals surface area (Å²) in [6.45, 7) is 1.62. The van der Waals surface area contributed by atoms with E-state index >= 15 is 0 Å². The van der Waals surface area contributed by atoms with Crippen LogP contribution in [0.3, 0.4) is 0 Å². The molecule has 1 fully saturated rings. The van der Waals surface area contributed by atoms with Crippen LogP contribution in [0, 0.1) is 5.92 Å². The van der Waals surface area contributed by atoms with Crippen LogP contribution in [0.2, 0.25) is 0 Å². The first-order chi connectivity index (χ1) is 12.2. The molecule has 5 nitrogen and oxygen atoms in total. The molecule has 1 amide bonds. The number of benzene rings is 2. The van der Waals surface area contributed by atoms with Gasteiger partial charge in [0.1, 0.15) is 11.5 Å². The average molecular weight is 340 g/mol. The Hall–Kier alpha value is -2.53. The Morgan fingerprint density at radius 2 is 1.68 bits per heavy atom. The van der Waals surface area contributed by atoms with Crippen LogP contribution in [-0.2, 0) is 4.79 Å². The van der Waals surface area contributed by atoms with Crippen molar-refractivity contribution in [3.05, 3.63) is 59.7 Å². The molecular formula is C20H24N2O3. The van der Waals surface area contributed by atoms with Gasteiger partial charge in [0.25, 0.3) is 0 Å². The van der Waals surface area contributed by atoms with E-state index in [1.807, 2.05) is 48.5 Å². The summed E-state index contributed by atoms with van der Waals surface area (Å²) in [5.41, 5.74) is 1.96. The summed E-state index contributed by atoms with van der Waals surface area (Å²) in [6.07, 6.45) is 0.870. The molecule has 0 spiro atoms. The molecule has 1 atom stereocenters. The molecule has 2 aromatic rings. The lowest BCUT2D eigenvalue weighted by molar-refractivity contribution is -0.124. The Bertz CT molecular complexity index is 679. The third-order valence-electron chi connectivity index (χ3n) is 4.57. The number of methoxy groups -OCH3 is 2. The van der Waals surface area contributed by atoms with Crippen LogP contribution in [0.25, 0.3) is 0 Å². The van der Waals surface area contributed by atoms with Crippen LogP contribution in [0.15, 0.2) is 48.5 Å². The maximum absolute atomic E-state index is 12.7. The van der Waals surface area contributed by atoms with E-state index in [1.54, 1.807) is 14.2 Å². The minimum atomic E-state index is -0.252. The second-order valence-corrected chi connectivity index (χ2v) is 6.18. The number of rotatable bonds is 6. The maximum Gasteiger partial charge on any atom is 0.225 e. The third kappa shape index (κ3) is 4.12. The van der Waals surface area contributed by atoms with E-state index in [1.165, 1.54) is 0 Å². The first-order valence-electron chi connectivity index (χ1n) is 8.50. The highest BCUT2D eigenvalue weighted by atomic mass is 16.5. The summed E-state index contributed by atoms with van der Waals surface area (Å²) in [5.74, 6) is 1.61. The molecule has 0 unspecified atom stereocenters. The van der Waals surface area contributed by atoms with Gasteiger partial charge in [-0.15, -0.1) is 0 Å². The number of carbonyl (C=O) groups excluding carboxylic acids is 1. The van der Waals surface area contributed by atoms with Gasteiger partial charge in [-0.2, -0.15) is 0 Å². The molecule has 1 aliphatic rings. The normalized spacial score (nSPS) is 16.7. The molecule has 1 saturated heterocycles. The number of hydrogen-bond donors (Lipinski definition) is 2. The smallest absolute Gasteiger partial charge is 0.225 e. The van der Waals surface area contributed by atoms with E-state index < -0.39 is 0 Å². The van der Waals surface area contributed by atoms with E-state index in [4.69, 9.17) is 9.47 Å². The lowest BCUT2D eigenvalue weighted by Gasteiger charge is -2.22. The van der Waals surface area contributed by atoms with Crippen LogP contribution in [0.1, 0.15) is 23.6 Å². The number of nitrogens with one attached hydrogen (secondary N) is 2. The number of hydrogen-bond acceptors (Lipinski definition) is 4. The summed E-state index contributed by atoms with van der Waals surface area (Å²) in [4.78, 5) is 12.7. The zero-order chi connectivity index (χ0) is 17.6. The first-order valence-corrected chi connectivity index (χ1v) is 8.50. The molecule has 1 heterocycles. The molecule has 25 heavy (non-hydrogen) atoms. The topological polar surface area (TPSA) is 59.6 Å². The minimum Gasteiger partial charge on any atom is -0.497 e. The maximum atomic E-state index is 12.7. The Morgan fingerprint density at radius 1 is 1.08 bits per heavy atom. The molecule has 0 aliphatic carbocycles. The zero-order valence-electron chi connectivity index (χ0n) is 14.6. The van der Waals surface area contributed by atoms with Crippen LogP contribution in [0.4, 0.5) is 0 Å². The van der Waals surface area contributed by atoms with Gasteiger partial charge in [0.15, 0.2) is 0 Å². The molecule has 132 valence electrons. The van der Waals surface area contributed by atoms with Crippen molar-refractivity contribution in [1.82, 2.24) is 10.6 Å². The lowest BCUT2D eigenvalue weighted by atomic mass is 9.97. The third-order valence-corrected chi connectivity index (χ3v) is 4.57. The molecule has 0 saturated carbocycles. The van der Waals surface area contributed by atoms with Crippen molar-refractivity contribution < 1.29 is 14.3 Å². The number of amides is 1. The van der Waals surface area contributed by atoms with Gasteiger partial charge >= 0.3 is 0 Å². The summed E-state index contributed by atoms with van der Waals surface area (Å²) < 4.78 is 10.7. The lowest BCUT2D eigenvalue weighted by Crippen LogP contribution is -2.35. The molecule has 0 radical (unpaired) electrons. The van der Waals surface area contributed by atoms with Crippen LogP contribution in [0.5, 0.6) is 11.5 Å². The van der Waals surface area contributed by atoms with Gasteiger partial charge in [0.2, 0.25) is 5.91 Å². The molecule has 0 aromatic heterocycles. The largest absolute Gasteiger partial charge is 0.497 e. The average Bonchev–Trinajstić information content (AvgIpc) is 3.21. The summed E-state index contributed by atoms with van der Waals surface area (Å²) >= 11 is 0. The van der Waals surface area contributed by atoms with Crippen molar-refractivity contribution >= 4 is 5.91 Å². The number of ether oxygens (including phenoxy) is 2. The Kier molecular flexibility index (Phi) is 5.56. The number of carbonyl (C=O) groups is 1. The first kappa shape index (κ1) is 17.3. The highest BCUT2D eigenvalue weighted by molar-refractivity contribution is 5.80. The van der Waals surface area contributed by atoms with Gasteiger partial charge in [-0.25, -0.2) is 0 Å². The second-order valence-electron chi connectivity index (χ2n) is 6.18. The monoisotopic (exact) mass is 340 g/mol. The summed E-state index contributed by atoms with van der Waals surface area (Å²) in [5, 5.41) is 6.45. The van der Waals surface area contributed by atoms with Crippen molar-refractivity contribution in [1.29, 1.82) is 0 Å². The van der Waals surface area contributed by atoms with Gasteiger partial charge in [0, 0.05) is 6.54 Å². The fourth-order valence-electron chi connectivity index (χ4n) is 3.14. The van der Waals surface area contributed by atoms with E-state index in [-0.39, 0.29) is 17.9 Å². The Labute approximate surface area is 148 Å². The van der Waals surface area contributed by atoms with Gasteiger partial charge in [-0.3, -0.25) is 4.79 Å². The molecule has 0 bridgehead atoms. The van der Waals surface area contributed by atoms with E-state index in [0.717, 1.165) is 42.1 Å². The van der Waals surface area contributed by atoms with E-state index in [9.17, 15) is 4.79 Å². The minimum absolute atomic E-state index is 0.0127. The van der Waals surface area contributed by atoms with Crippen LogP contribution >= 0.6 is 0 Å². The van der Waals surface area contributed by atoms with E-state index in [2.05, 4.69) is 10.6 Å². The fourth-order valence-corrected chi connectivity index (χ4v) is 3.14. The van der Waals surface area contributed by atoms with Crippen molar-refractivity contribution in [3.8, 4) is 11.5 Å².